The number of anilines is 2. The number of rotatable bonds is 8. The number of hydrogen-bond acceptors (Lipinski definition) is 9. The Kier molecular flexibility index (Phi) is 7.86. The summed E-state index contributed by atoms with van der Waals surface area (Å²) in [7, 11) is 3.12. The summed E-state index contributed by atoms with van der Waals surface area (Å²) in [5, 5.41) is 12.1. The highest BCUT2D eigenvalue weighted by molar-refractivity contribution is 8.01. The maximum Gasteiger partial charge on any atom is 0.254 e. The Bertz CT molecular complexity index is 1130. The Hall–Kier alpha value is -3.31. The van der Waals surface area contributed by atoms with Crippen molar-refractivity contribution in [1.29, 1.82) is 0 Å². The first-order valence-electron chi connectivity index (χ1n) is 10.6. The Balaban J connectivity index is 1.27. The van der Waals surface area contributed by atoms with Gasteiger partial charge in [-0.1, -0.05) is 41.3 Å². The second kappa shape index (κ2) is 11.2. The van der Waals surface area contributed by atoms with Crippen LogP contribution in [0.2, 0.25) is 0 Å². The molecule has 0 saturated carbocycles. The van der Waals surface area contributed by atoms with Gasteiger partial charge in [-0.15, -0.1) is 10.2 Å². The van der Waals surface area contributed by atoms with Crippen molar-refractivity contribution in [3.63, 3.8) is 0 Å². The molecule has 1 aliphatic heterocycles. The van der Waals surface area contributed by atoms with Gasteiger partial charge in [0, 0.05) is 37.4 Å². The molecule has 3 aromatic rings. The number of thioether (sulfide) groups is 1. The lowest BCUT2D eigenvalue weighted by molar-refractivity contribution is -0.113. The van der Waals surface area contributed by atoms with E-state index in [1.165, 1.54) is 23.1 Å². The normalized spacial score (nSPS) is 13.5. The largest absolute Gasteiger partial charge is 0.493 e. The van der Waals surface area contributed by atoms with Crippen LogP contribution in [0.15, 0.2) is 52.9 Å². The lowest BCUT2D eigenvalue weighted by Crippen LogP contribution is -2.48. The fraction of sp³-hybridized carbons (Fsp3) is 0.304. The molecule has 2 heterocycles. The van der Waals surface area contributed by atoms with Crippen LogP contribution < -0.4 is 19.7 Å². The molecule has 1 aromatic heterocycles. The van der Waals surface area contributed by atoms with E-state index in [1.807, 2.05) is 35.2 Å². The van der Waals surface area contributed by atoms with Crippen LogP contribution in [0.1, 0.15) is 10.4 Å². The maximum atomic E-state index is 12.9. The third-order valence-electron chi connectivity index (χ3n) is 5.25. The molecule has 0 spiro atoms. The van der Waals surface area contributed by atoms with Crippen LogP contribution in [0, 0.1) is 0 Å². The highest BCUT2D eigenvalue weighted by Gasteiger charge is 2.25. The topological polar surface area (TPSA) is 96.9 Å². The van der Waals surface area contributed by atoms with Crippen molar-refractivity contribution in [2.24, 2.45) is 0 Å². The summed E-state index contributed by atoms with van der Waals surface area (Å²) in [6.45, 7) is 2.48. The van der Waals surface area contributed by atoms with E-state index in [0.29, 0.717) is 43.2 Å². The standard InChI is InChI=1S/C23H25N5O4S2/c1-31-18-9-8-16(14-19(18)32-2)21(30)27-10-12-28(13-11-27)22-25-26-23(34-22)33-15-20(29)24-17-6-4-3-5-7-17/h3-9,14H,10-13,15H2,1-2H3,(H,24,29). The Morgan fingerprint density at radius 2 is 1.74 bits per heavy atom. The SMILES string of the molecule is COc1ccc(C(=O)N2CCN(c3nnc(SCC(=O)Nc4ccccc4)s3)CC2)cc1OC. The molecule has 2 aromatic carbocycles. The van der Waals surface area contributed by atoms with Gasteiger partial charge in [0.2, 0.25) is 11.0 Å². The number of aromatic nitrogens is 2. The van der Waals surface area contributed by atoms with Crippen molar-refractivity contribution in [2.45, 2.75) is 4.34 Å². The van der Waals surface area contributed by atoms with Crippen LogP contribution in [0.3, 0.4) is 0 Å². The van der Waals surface area contributed by atoms with E-state index in [0.717, 1.165) is 15.2 Å². The van der Waals surface area contributed by atoms with Crippen LogP contribution in [-0.4, -0.2) is 73.1 Å². The number of para-hydroxylation sites is 1. The van der Waals surface area contributed by atoms with Gasteiger partial charge in [-0.25, -0.2) is 0 Å². The average Bonchev–Trinajstić information content (AvgIpc) is 3.36. The van der Waals surface area contributed by atoms with Gasteiger partial charge in [0.25, 0.3) is 5.91 Å². The Morgan fingerprint density at radius 1 is 1.00 bits per heavy atom. The molecule has 0 bridgehead atoms. The second-order valence-electron chi connectivity index (χ2n) is 7.40. The van der Waals surface area contributed by atoms with Crippen molar-refractivity contribution in [2.75, 3.05) is 56.4 Å². The molecular formula is C23H25N5O4S2. The highest BCUT2D eigenvalue weighted by atomic mass is 32.2. The Morgan fingerprint density at radius 3 is 2.44 bits per heavy atom. The van der Waals surface area contributed by atoms with Crippen molar-refractivity contribution in [3.05, 3.63) is 54.1 Å². The average molecular weight is 500 g/mol. The second-order valence-corrected chi connectivity index (χ2v) is 9.58. The molecule has 0 unspecified atom stereocenters. The van der Waals surface area contributed by atoms with Gasteiger partial charge in [-0.3, -0.25) is 9.59 Å². The fourth-order valence-electron chi connectivity index (χ4n) is 3.49. The summed E-state index contributed by atoms with van der Waals surface area (Å²) >= 11 is 2.82. The molecule has 9 nitrogen and oxygen atoms in total. The van der Waals surface area contributed by atoms with Gasteiger partial charge >= 0.3 is 0 Å². The summed E-state index contributed by atoms with van der Waals surface area (Å²) in [6.07, 6.45) is 0. The van der Waals surface area contributed by atoms with Gasteiger partial charge in [-0.05, 0) is 30.3 Å². The van der Waals surface area contributed by atoms with Gasteiger partial charge in [-0.2, -0.15) is 0 Å². The summed E-state index contributed by atoms with van der Waals surface area (Å²) in [5.74, 6) is 1.25. The van der Waals surface area contributed by atoms with E-state index >= 15 is 0 Å². The van der Waals surface area contributed by atoms with E-state index in [-0.39, 0.29) is 17.6 Å². The fourth-order valence-corrected chi connectivity index (χ4v) is 5.18. The zero-order valence-corrected chi connectivity index (χ0v) is 20.5. The molecule has 0 atom stereocenters. The van der Waals surface area contributed by atoms with Crippen molar-refractivity contribution < 1.29 is 19.1 Å². The first-order valence-corrected chi connectivity index (χ1v) is 12.4. The van der Waals surface area contributed by atoms with Crippen molar-refractivity contribution >= 4 is 45.7 Å². The smallest absolute Gasteiger partial charge is 0.254 e. The third kappa shape index (κ3) is 5.78. The number of hydrogen-bond donors (Lipinski definition) is 1. The van der Waals surface area contributed by atoms with Crippen LogP contribution in [0.25, 0.3) is 0 Å². The van der Waals surface area contributed by atoms with Crippen molar-refractivity contribution in [1.82, 2.24) is 15.1 Å². The zero-order valence-electron chi connectivity index (χ0n) is 18.9. The highest BCUT2D eigenvalue weighted by Crippen LogP contribution is 2.30. The number of amides is 2. The predicted molar refractivity (Wildman–Crippen MR) is 133 cm³/mol. The molecule has 1 saturated heterocycles. The van der Waals surface area contributed by atoms with Crippen molar-refractivity contribution in [3.8, 4) is 11.5 Å². The van der Waals surface area contributed by atoms with Crippen LogP contribution in [0.5, 0.6) is 11.5 Å². The quantitative estimate of drug-likeness (QED) is 0.472. The minimum atomic E-state index is -0.0877. The van der Waals surface area contributed by atoms with Crippen LogP contribution >= 0.6 is 23.1 Å². The molecule has 0 radical (unpaired) electrons. The van der Waals surface area contributed by atoms with Gasteiger partial charge < -0.3 is 24.6 Å². The minimum absolute atomic E-state index is 0.0430. The van der Waals surface area contributed by atoms with Crippen LogP contribution in [-0.2, 0) is 4.79 Å². The van der Waals surface area contributed by atoms with E-state index in [1.54, 1.807) is 32.4 Å². The number of methoxy groups -OCH3 is 2. The van der Waals surface area contributed by atoms with E-state index in [4.69, 9.17) is 9.47 Å². The maximum absolute atomic E-state index is 12.9. The van der Waals surface area contributed by atoms with Gasteiger partial charge in [0.1, 0.15) is 0 Å². The number of piperazine rings is 1. The monoisotopic (exact) mass is 499 g/mol. The molecular weight excluding hydrogens is 474 g/mol. The summed E-state index contributed by atoms with van der Waals surface area (Å²) in [6, 6.07) is 14.5. The minimum Gasteiger partial charge on any atom is -0.493 e. The summed E-state index contributed by atoms with van der Waals surface area (Å²) in [5.41, 5.74) is 1.33. The van der Waals surface area contributed by atoms with Gasteiger partial charge in [0.15, 0.2) is 15.8 Å². The van der Waals surface area contributed by atoms with E-state index in [9.17, 15) is 9.59 Å². The van der Waals surface area contributed by atoms with E-state index in [2.05, 4.69) is 20.4 Å². The first kappa shape index (κ1) is 23.8. The lowest BCUT2D eigenvalue weighted by Gasteiger charge is -2.34. The zero-order chi connectivity index (χ0) is 23.9. The molecule has 4 rings (SSSR count). The number of nitrogens with zero attached hydrogens (tertiary/aromatic N) is 4. The molecule has 2 amide bonds. The Labute approximate surface area is 206 Å². The molecule has 0 aliphatic carbocycles. The molecule has 1 aliphatic rings. The number of carbonyl (C=O) groups is 2. The number of benzene rings is 2. The lowest BCUT2D eigenvalue weighted by atomic mass is 10.1. The van der Waals surface area contributed by atoms with E-state index < -0.39 is 0 Å². The van der Waals surface area contributed by atoms with Crippen LogP contribution in [0.4, 0.5) is 10.8 Å². The molecule has 11 heteroatoms. The molecule has 178 valence electrons. The number of ether oxygens (including phenoxy) is 2. The third-order valence-corrected chi connectivity index (χ3v) is 7.37. The van der Waals surface area contributed by atoms with Gasteiger partial charge in [0.05, 0.1) is 20.0 Å². The predicted octanol–water partition coefficient (Wildman–Crippen LogP) is 3.25. The summed E-state index contributed by atoms with van der Waals surface area (Å²) in [4.78, 5) is 29.0. The number of carbonyl (C=O) groups excluding carboxylic acids is 2. The molecule has 1 fully saturated rings. The summed E-state index contributed by atoms with van der Waals surface area (Å²) < 4.78 is 11.3. The first-order chi connectivity index (χ1) is 16.6. The molecule has 1 N–H and O–H groups in total. The molecule has 34 heavy (non-hydrogen) atoms. The number of nitrogens with one attached hydrogen (secondary N) is 1.